The first kappa shape index (κ1) is 24.3. The number of carbonyl (C=O) groups excluding carboxylic acids is 2. The van der Waals surface area contributed by atoms with Gasteiger partial charge < -0.3 is 15.4 Å². The van der Waals surface area contributed by atoms with E-state index in [4.69, 9.17) is 16.3 Å². The molecule has 1 aliphatic rings. The van der Waals surface area contributed by atoms with Gasteiger partial charge in [0.2, 0.25) is 0 Å². The largest absolute Gasteiger partial charge is 0.495 e. The van der Waals surface area contributed by atoms with E-state index in [0.29, 0.717) is 38.5 Å². The molecule has 1 aromatic heterocycles. The van der Waals surface area contributed by atoms with Crippen LogP contribution in [0.15, 0.2) is 48.5 Å². The van der Waals surface area contributed by atoms with Gasteiger partial charge >= 0.3 is 0 Å². The molecule has 3 aromatic rings. The number of anilines is 2. The molecule has 1 atom stereocenters. The molecular weight excluding hydrogens is 468 g/mol. The lowest BCUT2D eigenvalue weighted by atomic mass is 9.72. The molecule has 2 amide bonds. The van der Waals surface area contributed by atoms with Crippen molar-refractivity contribution in [3.8, 4) is 5.75 Å². The maximum absolute atomic E-state index is 13.6. The van der Waals surface area contributed by atoms with E-state index in [0.717, 1.165) is 29.7 Å². The van der Waals surface area contributed by atoms with Crippen molar-refractivity contribution in [1.29, 1.82) is 0 Å². The number of thiophene rings is 1. The number of nitrogens with one attached hydrogen (secondary N) is 2. The topological polar surface area (TPSA) is 67.4 Å². The first-order chi connectivity index (χ1) is 16.2. The quantitative estimate of drug-likeness (QED) is 0.397. The third-order valence-corrected chi connectivity index (χ3v) is 7.92. The Bertz CT molecular complexity index is 1230. The summed E-state index contributed by atoms with van der Waals surface area (Å²) < 4.78 is 5.40. The predicted octanol–water partition coefficient (Wildman–Crippen LogP) is 7.07. The maximum atomic E-state index is 13.6. The van der Waals surface area contributed by atoms with E-state index in [1.165, 1.54) is 11.3 Å². The Hall–Kier alpha value is -2.83. The Balaban J connectivity index is 1.71. The van der Waals surface area contributed by atoms with E-state index in [9.17, 15) is 9.59 Å². The summed E-state index contributed by atoms with van der Waals surface area (Å²) in [5.74, 6) is 0.499. The Morgan fingerprint density at radius 1 is 1.03 bits per heavy atom. The number of ether oxygens (including phenoxy) is 1. The minimum Gasteiger partial charge on any atom is -0.495 e. The highest BCUT2D eigenvalue weighted by Gasteiger charge is 2.34. The van der Waals surface area contributed by atoms with Crippen molar-refractivity contribution in [3.63, 3.8) is 0 Å². The van der Waals surface area contributed by atoms with Crippen LogP contribution in [0.1, 0.15) is 58.3 Å². The number of carbonyl (C=O) groups is 2. The van der Waals surface area contributed by atoms with Gasteiger partial charge in [0.1, 0.15) is 10.8 Å². The zero-order valence-electron chi connectivity index (χ0n) is 19.8. The molecule has 4 rings (SSSR count). The Morgan fingerprint density at radius 3 is 2.44 bits per heavy atom. The molecular formula is C27H29ClN2O3S. The molecule has 34 heavy (non-hydrogen) atoms. The first-order valence-electron chi connectivity index (χ1n) is 11.3. The van der Waals surface area contributed by atoms with Crippen LogP contribution in [0.2, 0.25) is 5.02 Å². The molecule has 5 nitrogen and oxygen atoms in total. The first-order valence-corrected chi connectivity index (χ1v) is 12.5. The molecule has 178 valence electrons. The summed E-state index contributed by atoms with van der Waals surface area (Å²) in [6.45, 7) is 6.77. The maximum Gasteiger partial charge on any atom is 0.259 e. The summed E-state index contributed by atoms with van der Waals surface area (Å²) in [5, 5.41) is 6.88. The van der Waals surface area contributed by atoms with Gasteiger partial charge in [-0.25, -0.2) is 0 Å². The fraction of sp³-hybridized carbons (Fsp3) is 0.333. The summed E-state index contributed by atoms with van der Waals surface area (Å²) in [6, 6.07) is 14.2. The van der Waals surface area contributed by atoms with Crippen LogP contribution in [0, 0.1) is 11.3 Å². The molecule has 0 aliphatic heterocycles. The molecule has 2 aromatic carbocycles. The summed E-state index contributed by atoms with van der Waals surface area (Å²) in [4.78, 5) is 27.8. The van der Waals surface area contributed by atoms with Crippen molar-refractivity contribution in [2.75, 3.05) is 17.7 Å². The highest BCUT2D eigenvalue weighted by Crippen LogP contribution is 2.44. The number of rotatable bonds is 5. The number of fused-ring (bicyclic) bond motifs is 1. The molecule has 0 unspecified atom stereocenters. The minimum absolute atomic E-state index is 0.169. The van der Waals surface area contributed by atoms with Gasteiger partial charge in [-0.2, -0.15) is 0 Å². The van der Waals surface area contributed by atoms with Crippen LogP contribution >= 0.6 is 22.9 Å². The minimum atomic E-state index is -0.331. The molecule has 1 aliphatic carbocycles. The summed E-state index contributed by atoms with van der Waals surface area (Å²) >= 11 is 7.74. The molecule has 2 N–H and O–H groups in total. The molecule has 0 saturated heterocycles. The number of amides is 2. The smallest absolute Gasteiger partial charge is 0.259 e. The second kappa shape index (κ2) is 9.80. The van der Waals surface area contributed by atoms with E-state index in [-0.39, 0.29) is 17.2 Å². The number of hydrogen-bond acceptors (Lipinski definition) is 4. The second-order valence-corrected chi connectivity index (χ2v) is 11.1. The molecule has 7 heteroatoms. The fourth-order valence-electron chi connectivity index (χ4n) is 4.40. The van der Waals surface area contributed by atoms with Gasteiger partial charge in [0.15, 0.2) is 0 Å². The zero-order chi connectivity index (χ0) is 24.5. The number of hydrogen-bond donors (Lipinski definition) is 2. The van der Waals surface area contributed by atoms with E-state index >= 15 is 0 Å². The zero-order valence-corrected chi connectivity index (χ0v) is 21.4. The van der Waals surface area contributed by atoms with E-state index in [2.05, 4.69) is 31.4 Å². The van der Waals surface area contributed by atoms with E-state index < -0.39 is 0 Å². The van der Waals surface area contributed by atoms with Crippen molar-refractivity contribution in [2.45, 2.75) is 40.0 Å². The SMILES string of the molecule is COc1ccccc1NC(=O)c1c(NC(=O)c2ccccc2Cl)sc2c1CC[C@@H](C(C)(C)C)C2. The lowest BCUT2D eigenvalue weighted by Crippen LogP contribution is -2.27. The number of para-hydroxylation sites is 2. The van der Waals surface area contributed by atoms with Crippen molar-refractivity contribution in [2.24, 2.45) is 11.3 Å². The van der Waals surface area contributed by atoms with E-state index in [1.807, 2.05) is 12.1 Å². The average Bonchev–Trinajstić information content (AvgIpc) is 3.16. The highest BCUT2D eigenvalue weighted by atomic mass is 35.5. The highest BCUT2D eigenvalue weighted by molar-refractivity contribution is 7.17. The molecule has 0 spiro atoms. The van der Waals surface area contributed by atoms with Crippen LogP contribution in [-0.2, 0) is 12.8 Å². The predicted molar refractivity (Wildman–Crippen MR) is 140 cm³/mol. The molecule has 0 saturated carbocycles. The van der Waals surface area contributed by atoms with Crippen molar-refractivity contribution >= 4 is 45.4 Å². The third kappa shape index (κ3) is 4.98. The van der Waals surface area contributed by atoms with Crippen LogP contribution in [0.25, 0.3) is 0 Å². The fourth-order valence-corrected chi connectivity index (χ4v) is 5.94. The molecule has 0 bridgehead atoms. The summed E-state index contributed by atoms with van der Waals surface area (Å²) in [5.41, 5.74) is 2.68. The summed E-state index contributed by atoms with van der Waals surface area (Å²) in [7, 11) is 1.57. The monoisotopic (exact) mass is 496 g/mol. The standard InChI is InChI=1S/C27H29ClN2O3S/c1-27(2,3)16-13-14-18-22(15-16)34-26(30-24(31)17-9-5-6-10-19(17)28)23(18)25(32)29-20-11-7-8-12-21(20)33-4/h5-12,16H,13-15H2,1-4H3,(H,29,32)(H,30,31)/t16-/m1/s1. The molecule has 0 fully saturated rings. The van der Waals surface area contributed by atoms with Crippen LogP contribution in [0.3, 0.4) is 0 Å². The van der Waals surface area contributed by atoms with Crippen LogP contribution < -0.4 is 15.4 Å². The van der Waals surface area contributed by atoms with Gasteiger partial charge in [0.05, 0.1) is 28.9 Å². The van der Waals surface area contributed by atoms with Gasteiger partial charge in [-0.05, 0) is 60.4 Å². The number of benzene rings is 2. The average molecular weight is 497 g/mol. The van der Waals surface area contributed by atoms with Gasteiger partial charge in [0.25, 0.3) is 11.8 Å². The normalized spacial score (nSPS) is 15.4. The number of methoxy groups -OCH3 is 1. The van der Waals surface area contributed by atoms with Crippen LogP contribution in [-0.4, -0.2) is 18.9 Å². The molecule has 1 heterocycles. The van der Waals surface area contributed by atoms with Crippen molar-refractivity contribution in [3.05, 3.63) is 75.1 Å². The van der Waals surface area contributed by atoms with Gasteiger partial charge in [-0.3, -0.25) is 9.59 Å². The second-order valence-electron chi connectivity index (χ2n) is 9.60. The van der Waals surface area contributed by atoms with E-state index in [1.54, 1.807) is 43.5 Å². The van der Waals surface area contributed by atoms with Crippen LogP contribution in [0.5, 0.6) is 5.75 Å². The Kier molecular flexibility index (Phi) is 7.01. The van der Waals surface area contributed by atoms with Crippen molar-refractivity contribution in [1.82, 2.24) is 0 Å². The van der Waals surface area contributed by atoms with Crippen molar-refractivity contribution < 1.29 is 14.3 Å². The lowest BCUT2D eigenvalue weighted by molar-refractivity contribution is 0.102. The van der Waals surface area contributed by atoms with Gasteiger partial charge in [-0.15, -0.1) is 11.3 Å². The summed E-state index contributed by atoms with van der Waals surface area (Å²) in [6.07, 6.45) is 2.69. The lowest BCUT2D eigenvalue weighted by Gasteiger charge is -2.33. The van der Waals surface area contributed by atoms with Gasteiger partial charge in [0, 0.05) is 4.88 Å². The number of halogens is 1. The Labute approximate surface area is 209 Å². The third-order valence-electron chi connectivity index (χ3n) is 6.42. The Morgan fingerprint density at radius 2 is 1.74 bits per heavy atom. The molecule has 0 radical (unpaired) electrons. The van der Waals surface area contributed by atoms with Gasteiger partial charge in [-0.1, -0.05) is 56.6 Å². The van der Waals surface area contributed by atoms with Crippen LogP contribution in [0.4, 0.5) is 10.7 Å².